The van der Waals surface area contributed by atoms with Crippen molar-refractivity contribution in [3.63, 3.8) is 0 Å². The van der Waals surface area contributed by atoms with Crippen LogP contribution in [-0.4, -0.2) is 29.7 Å². The van der Waals surface area contributed by atoms with E-state index in [4.69, 9.17) is 26.7 Å². The maximum atomic E-state index is 12.0. The van der Waals surface area contributed by atoms with E-state index < -0.39 is 11.5 Å². The zero-order valence-electron chi connectivity index (χ0n) is 16.0. The predicted molar refractivity (Wildman–Crippen MR) is 111 cm³/mol. The molecule has 0 spiro atoms. The molecule has 2 aromatic carbocycles. The van der Waals surface area contributed by atoms with Crippen molar-refractivity contribution in [2.45, 2.75) is 6.92 Å². The molecule has 1 aromatic heterocycles. The number of hydrogen-bond donors (Lipinski definition) is 4. The molecule has 7 N–H and O–H groups in total. The molecule has 0 aliphatic carbocycles. The van der Waals surface area contributed by atoms with Crippen molar-refractivity contribution in [2.75, 3.05) is 30.9 Å². The van der Waals surface area contributed by atoms with Gasteiger partial charge in [-0.3, -0.25) is 4.79 Å². The van der Waals surface area contributed by atoms with Gasteiger partial charge in [0, 0.05) is 5.69 Å². The SMILES string of the molecule is CCOc1cc(-c2cc(N)cc(C(=O)OC)c2)ccc1-c1nc(N)c(N)c(=O)[nH]1. The lowest BCUT2D eigenvalue weighted by molar-refractivity contribution is 0.0601. The fourth-order valence-electron chi connectivity index (χ4n) is 2.85. The van der Waals surface area contributed by atoms with Gasteiger partial charge in [0.1, 0.15) is 17.3 Å². The number of nitrogens with one attached hydrogen (secondary N) is 1. The molecule has 0 radical (unpaired) electrons. The molecular weight excluding hydrogens is 374 g/mol. The van der Waals surface area contributed by atoms with E-state index in [1.54, 1.807) is 36.4 Å². The topological polar surface area (TPSA) is 159 Å². The Bertz CT molecular complexity index is 1140. The fraction of sp³-hybridized carbons (Fsp3) is 0.150. The summed E-state index contributed by atoms with van der Waals surface area (Å²) in [6, 6.07) is 10.2. The molecule has 0 aliphatic rings. The Morgan fingerprint density at radius 2 is 1.86 bits per heavy atom. The van der Waals surface area contributed by atoms with Crippen LogP contribution in [-0.2, 0) is 4.74 Å². The number of H-pyrrole nitrogens is 1. The van der Waals surface area contributed by atoms with E-state index in [0.29, 0.717) is 34.7 Å². The number of ether oxygens (including phenoxy) is 2. The standard InChI is InChI=1S/C20H21N5O4/c1-3-29-15-9-10(11-6-12(20(27)28-2)8-13(21)7-11)4-5-14(15)18-24-17(23)16(22)19(26)25-18/h4-9H,3,21-22H2,1-2H3,(H3,23,24,25,26). The summed E-state index contributed by atoms with van der Waals surface area (Å²) in [6.07, 6.45) is 0. The number of hydrogen-bond acceptors (Lipinski definition) is 8. The van der Waals surface area contributed by atoms with E-state index in [-0.39, 0.29) is 17.3 Å². The summed E-state index contributed by atoms with van der Waals surface area (Å²) in [6.45, 7) is 2.22. The minimum Gasteiger partial charge on any atom is -0.493 e. The number of anilines is 3. The second-order valence-electron chi connectivity index (χ2n) is 6.19. The normalized spacial score (nSPS) is 10.6. The van der Waals surface area contributed by atoms with Gasteiger partial charge in [0.15, 0.2) is 5.82 Å². The molecule has 3 rings (SSSR count). The second-order valence-corrected chi connectivity index (χ2v) is 6.19. The molecule has 0 saturated carbocycles. The van der Waals surface area contributed by atoms with Gasteiger partial charge in [0.2, 0.25) is 0 Å². The molecular formula is C20H21N5O4. The van der Waals surface area contributed by atoms with E-state index in [1.165, 1.54) is 7.11 Å². The van der Waals surface area contributed by atoms with Gasteiger partial charge in [0.05, 0.1) is 24.8 Å². The third-order valence-corrected chi connectivity index (χ3v) is 4.23. The summed E-state index contributed by atoms with van der Waals surface area (Å²) in [5, 5.41) is 0. The Kier molecular flexibility index (Phi) is 5.40. The molecule has 0 saturated heterocycles. The molecule has 0 amide bonds. The zero-order valence-corrected chi connectivity index (χ0v) is 16.0. The van der Waals surface area contributed by atoms with E-state index in [9.17, 15) is 9.59 Å². The Morgan fingerprint density at radius 3 is 2.52 bits per heavy atom. The molecule has 3 aromatic rings. The van der Waals surface area contributed by atoms with Crippen LogP contribution in [0.2, 0.25) is 0 Å². The molecule has 150 valence electrons. The quantitative estimate of drug-likeness (QED) is 0.377. The van der Waals surface area contributed by atoms with Crippen LogP contribution in [0.4, 0.5) is 17.2 Å². The van der Waals surface area contributed by atoms with Crippen molar-refractivity contribution >= 4 is 23.2 Å². The summed E-state index contributed by atoms with van der Waals surface area (Å²) in [5.41, 5.74) is 19.3. The maximum absolute atomic E-state index is 12.0. The van der Waals surface area contributed by atoms with E-state index >= 15 is 0 Å². The van der Waals surface area contributed by atoms with Crippen LogP contribution in [0.15, 0.2) is 41.2 Å². The number of nitrogens with zero attached hydrogens (tertiary/aromatic N) is 1. The number of nitrogen functional groups attached to an aromatic ring is 3. The Morgan fingerprint density at radius 1 is 1.10 bits per heavy atom. The molecule has 0 atom stereocenters. The van der Waals surface area contributed by atoms with E-state index in [0.717, 1.165) is 5.56 Å². The minimum atomic E-state index is -0.530. The first kappa shape index (κ1) is 19.7. The third kappa shape index (κ3) is 3.98. The number of methoxy groups -OCH3 is 1. The Labute approximate surface area is 166 Å². The van der Waals surface area contributed by atoms with Gasteiger partial charge in [-0.1, -0.05) is 6.07 Å². The zero-order chi connectivity index (χ0) is 21.1. The summed E-state index contributed by atoms with van der Waals surface area (Å²) >= 11 is 0. The van der Waals surface area contributed by atoms with Gasteiger partial charge < -0.3 is 31.7 Å². The highest BCUT2D eigenvalue weighted by Gasteiger charge is 2.15. The summed E-state index contributed by atoms with van der Waals surface area (Å²) < 4.78 is 10.5. The average Bonchev–Trinajstić information content (AvgIpc) is 2.70. The minimum absolute atomic E-state index is 0.0613. The number of carbonyl (C=O) groups is 1. The van der Waals surface area contributed by atoms with E-state index in [2.05, 4.69) is 9.97 Å². The molecule has 0 fully saturated rings. The largest absolute Gasteiger partial charge is 0.493 e. The summed E-state index contributed by atoms with van der Waals surface area (Å²) in [7, 11) is 1.30. The summed E-state index contributed by atoms with van der Waals surface area (Å²) in [4.78, 5) is 30.6. The van der Waals surface area contributed by atoms with Crippen LogP contribution in [0.3, 0.4) is 0 Å². The van der Waals surface area contributed by atoms with Gasteiger partial charge in [-0.25, -0.2) is 9.78 Å². The van der Waals surface area contributed by atoms with Gasteiger partial charge in [-0.2, -0.15) is 0 Å². The first-order valence-corrected chi connectivity index (χ1v) is 8.75. The fourth-order valence-corrected chi connectivity index (χ4v) is 2.85. The first-order valence-electron chi connectivity index (χ1n) is 8.75. The van der Waals surface area contributed by atoms with Crippen LogP contribution < -0.4 is 27.5 Å². The Balaban J connectivity index is 2.13. The number of esters is 1. The number of carbonyl (C=O) groups excluding carboxylic acids is 1. The summed E-state index contributed by atoms with van der Waals surface area (Å²) in [5.74, 6) is 0.159. The van der Waals surface area contributed by atoms with Crippen LogP contribution in [0, 0.1) is 0 Å². The van der Waals surface area contributed by atoms with Gasteiger partial charge >= 0.3 is 5.97 Å². The molecule has 1 heterocycles. The molecule has 0 unspecified atom stereocenters. The molecule has 0 aliphatic heterocycles. The second kappa shape index (κ2) is 7.93. The van der Waals surface area contributed by atoms with Crippen LogP contribution in [0.1, 0.15) is 17.3 Å². The van der Waals surface area contributed by atoms with Gasteiger partial charge in [0.25, 0.3) is 5.56 Å². The highest BCUT2D eigenvalue weighted by atomic mass is 16.5. The predicted octanol–water partition coefficient (Wildman–Crippen LogP) is 2.04. The van der Waals surface area contributed by atoms with Crippen LogP contribution >= 0.6 is 0 Å². The lowest BCUT2D eigenvalue weighted by Gasteiger charge is -2.13. The van der Waals surface area contributed by atoms with Crippen molar-refractivity contribution in [1.29, 1.82) is 0 Å². The monoisotopic (exact) mass is 395 g/mol. The number of nitrogens with two attached hydrogens (primary N) is 3. The van der Waals surface area contributed by atoms with Crippen molar-refractivity contribution < 1.29 is 14.3 Å². The average molecular weight is 395 g/mol. The maximum Gasteiger partial charge on any atom is 0.337 e. The van der Waals surface area contributed by atoms with Crippen molar-refractivity contribution in [1.82, 2.24) is 9.97 Å². The number of rotatable bonds is 5. The molecule has 9 nitrogen and oxygen atoms in total. The molecule has 9 heteroatoms. The molecule has 29 heavy (non-hydrogen) atoms. The van der Waals surface area contributed by atoms with E-state index in [1.807, 2.05) is 6.92 Å². The highest BCUT2D eigenvalue weighted by molar-refractivity contribution is 5.92. The number of benzene rings is 2. The lowest BCUT2D eigenvalue weighted by atomic mass is 10.00. The smallest absolute Gasteiger partial charge is 0.337 e. The first-order chi connectivity index (χ1) is 13.8. The van der Waals surface area contributed by atoms with Crippen molar-refractivity contribution in [2.24, 2.45) is 0 Å². The number of aromatic amines is 1. The van der Waals surface area contributed by atoms with Gasteiger partial charge in [-0.05, 0) is 48.4 Å². The van der Waals surface area contributed by atoms with Crippen LogP contribution in [0.25, 0.3) is 22.5 Å². The molecule has 0 bridgehead atoms. The van der Waals surface area contributed by atoms with Crippen LogP contribution in [0.5, 0.6) is 5.75 Å². The van der Waals surface area contributed by atoms with Crippen molar-refractivity contribution in [3.8, 4) is 28.3 Å². The number of aromatic nitrogens is 2. The third-order valence-electron chi connectivity index (χ3n) is 4.23. The van der Waals surface area contributed by atoms with Gasteiger partial charge in [-0.15, -0.1) is 0 Å². The lowest BCUT2D eigenvalue weighted by Crippen LogP contribution is -2.17. The Hall–Kier alpha value is -4.01. The van der Waals surface area contributed by atoms with Crippen molar-refractivity contribution in [3.05, 3.63) is 52.3 Å². The highest BCUT2D eigenvalue weighted by Crippen LogP contribution is 2.34.